The zero-order valence-electron chi connectivity index (χ0n) is 19.3. The highest BCUT2D eigenvalue weighted by Crippen LogP contribution is 2.40. The average Bonchev–Trinajstić information content (AvgIpc) is 3.52. The van der Waals surface area contributed by atoms with Gasteiger partial charge in [0, 0.05) is 28.7 Å². The van der Waals surface area contributed by atoms with Gasteiger partial charge < -0.3 is 10.3 Å². The monoisotopic (exact) mass is 481 g/mol. The van der Waals surface area contributed by atoms with Crippen LogP contribution in [0.5, 0.6) is 0 Å². The molecular weight excluding hydrogens is 458 g/mol. The van der Waals surface area contributed by atoms with Gasteiger partial charge in [-0.25, -0.2) is 0 Å². The van der Waals surface area contributed by atoms with Gasteiger partial charge in [-0.1, -0.05) is 54.1 Å². The van der Waals surface area contributed by atoms with Gasteiger partial charge in [0.05, 0.1) is 16.1 Å². The number of fused-ring (bicyclic) bond motifs is 3. The molecule has 174 valence electrons. The minimum atomic E-state index is -0.540. The molecule has 1 unspecified atom stereocenters. The number of halogens is 1. The molecule has 0 saturated carbocycles. The van der Waals surface area contributed by atoms with Crippen LogP contribution in [-0.2, 0) is 18.4 Å². The maximum atomic E-state index is 13.6. The van der Waals surface area contributed by atoms with E-state index in [1.165, 1.54) is 22.2 Å². The van der Waals surface area contributed by atoms with Gasteiger partial charge in [0.15, 0.2) is 0 Å². The van der Waals surface area contributed by atoms with E-state index in [1.807, 2.05) is 24.3 Å². The fourth-order valence-corrected chi connectivity index (χ4v) is 5.48. The molecule has 6 nitrogen and oxygen atoms in total. The van der Waals surface area contributed by atoms with Crippen LogP contribution in [0.25, 0.3) is 16.6 Å². The van der Waals surface area contributed by atoms with E-state index >= 15 is 0 Å². The predicted molar refractivity (Wildman–Crippen MR) is 137 cm³/mol. The molecule has 35 heavy (non-hydrogen) atoms. The molecule has 1 aliphatic carbocycles. The molecule has 1 amide bonds. The van der Waals surface area contributed by atoms with Crippen molar-refractivity contribution in [3.8, 4) is 5.69 Å². The van der Waals surface area contributed by atoms with Crippen LogP contribution < -0.4 is 5.32 Å². The summed E-state index contributed by atoms with van der Waals surface area (Å²) >= 11 is 6.59. The predicted octanol–water partition coefficient (Wildman–Crippen LogP) is 5.52. The van der Waals surface area contributed by atoms with E-state index in [0.29, 0.717) is 17.0 Å². The highest BCUT2D eigenvalue weighted by atomic mass is 35.5. The van der Waals surface area contributed by atoms with Crippen molar-refractivity contribution in [3.05, 3.63) is 112 Å². The van der Waals surface area contributed by atoms with E-state index in [4.69, 9.17) is 11.6 Å². The van der Waals surface area contributed by atoms with E-state index in [2.05, 4.69) is 57.8 Å². The molecule has 0 spiro atoms. The average molecular weight is 482 g/mol. The fourth-order valence-electron chi connectivity index (χ4n) is 5.22. The number of hydrogen-bond donors (Lipinski definition) is 2. The molecule has 0 radical (unpaired) electrons. The number of aromatic nitrogens is 4. The van der Waals surface area contributed by atoms with Crippen molar-refractivity contribution in [1.82, 2.24) is 25.1 Å². The van der Waals surface area contributed by atoms with E-state index in [0.717, 1.165) is 29.6 Å². The number of rotatable bonds is 4. The third-order valence-electron chi connectivity index (χ3n) is 7.02. The van der Waals surface area contributed by atoms with E-state index in [-0.39, 0.29) is 5.91 Å². The Bertz CT molecular complexity index is 1540. The molecule has 2 heterocycles. The van der Waals surface area contributed by atoms with E-state index < -0.39 is 5.54 Å². The maximum absolute atomic E-state index is 13.6. The molecule has 1 atom stereocenters. The second-order valence-electron chi connectivity index (χ2n) is 9.24. The Labute approximate surface area is 208 Å². The van der Waals surface area contributed by atoms with Crippen molar-refractivity contribution >= 4 is 28.4 Å². The summed E-state index contributed by atoms with van der Waals surface area (Å²) in [5.74, 6) is -0.187. The number of nitrogens with one attached hydrogen (secondary N) is 2. The molecule has 3 aromatic carbocycles. The first kappa shape index (κ1) is 21.6. The molecule has 5 aromatic rings. The largest absolute Gasteiger partial charge is 0.358 e. The molecule has 2 N–H and O–H groups in total. The zero-order valence-corrected chi connectivity index (χ0v) is 20.0. The lowest BCUT2D eigenvalue weighted by molar-refractivity contribution is 0.0886. The SMILES string of the molecule is Cc1ccc2c3c([nH]c2c1)CCC(NC(=O)c1ccc(-n2cnnc2)cc1Cl)(c1ccccc1)C3. The quantitative estimate of drug-likeness (QED) is 0.354. The molecule has 7 heteroatoms. The van der Waals surface area contributed by atoms with Gasteiger partial charge in [-0.3, -0.25) is 9.36 Å². The molecule has 2 aromatic heterocycles. The van der Waals surface area contributed by atoms with Crippen LogP contribution >= 0.6 is 11.6 Å². The molecule has 6 rings (SSSR count). The van der Waals surface area contributed by atoms with Gasteiger partial charge >= 0.3 is 0 Å². The lowest BCUT2D eigenvalue weighted by Crippen LogP contribution is -2.49. The van der Waals surface area contributed by atoms with Crippen LogP contribution in [0, 0.1) is 6.92 Å². The number of benzene rings is 3. The van der Waals surface area contributed by atoms with Crippen molar-refractivity contribution in [2.45, 2.75) is 31.7 Å². The standard InChI is InChI=1S/C28H24ClN5O/c1-18-7-9-21-23-15-28(19-5-3-2-4-6-19,12-11-25(23)32-26(21)13-18)33-27(35)22-10-8-20(14-24(22)29)34-16-30-31-17-34/h2-10,13-14,16-17,32H,11-12,15H2,1H3,(H,33,35). The molecule has 0 fully saturated rings. The van der Waals surface area contributed by atoms with E-state index in [9.17, 15) is 4.79 Å². The third kappa shape index (κ3) is 3.80. The minimum absolute atomic E-state index is 0.187. The molecule has 0 saturated heterocycles. The van der Waals surface area contributed by atoms with Gasteiger partial charge in [-0.05, 0) is 60.7 Å². The molecule has 0 aliphatic heterocycles. The van der Waals surface area contributed by atoms with Crippen molar-refractivity contribution < 1.29 is 4.79 Å². The van der Waals surface area contributed by atoms with Crippen LogP contribution in [0.15, 0.2) is 79.4 Å². The highest BCUT2D eigenvalue weighted by Gasteiger charge is 2.39. The lowest BCUT2D eigenvalue weighted by Gasteiger charge is -2.39. The Morgan fingerprint density at radius 2 is 1.86 bits per heavy atom. The summed E-state index contributed by atoms with van der Waals surface area (Å²) < 4.78 is 1.75. The first-order valence-electron chi connectivity index (χ1n) is 11.7. The minimum Gasteiger partial charge on any atom is -0.358 e. The van der Waals surface area contributed by atoms with Crippen LogP contribution in [0.1, 0.15) is 39.2 Å². The normalized spacial score (nSPS) is 17.3. The Morgan fingerprint density at radius 3 is 2.63 bits per heavy atom. The first-order valence-corrected chi connectivity index (χ1v) is 12.0. The number of H-pyrrole nitrogens is 1. The summed E-state index contributed by atoms with van der Waals surface area (Å²) in [6.07, 6.45) is 5.53. The second kappa shape index (κ2) is 8.40. The second-order valence-corrected chi connectivity index (χ2v) is 9.65. The smallest absolute Gasteiger partial charge is 0.253 e. The third-order valence-corrected chi connectivity index (χ3v) is 7.34. The summed E-state index contributed by atoms with van der Waals surface area (Å²) in [4.78, 5) is 17.2. The maximum Gasteiger partial charge on any atom is 0.253 e. The van der Waals surface area contributed by atoms with Crippen molar-refractivity contribution in [2.75, 3.05) is 0 Å². The number of hydrogen-bond acceptors (Lipinski definition) is 3. The van der Waals surface area contributed by atoms with Crippen LogP contribution in [0.2, 0.25) is 5.02 Å². The van der Waals surface area contributed by atoms with Gasteiger partial charge in [0.1, 0.15) is 12.7 Å². The van der Waals surface area contributed by atoms with Gasteiger partial charge in [-0.15, -0.1) is 10.2 Å². The Balaban J connectivity index is 1.38. The molecular formula is C28H24ClN5O. The summed E-state index contributed by atoms with van der Waals surface area (Å²) in [7, 11) is 0. The lowest BCUT2D eigenvalue weighted by atomic mass is 9.75. The van der Waals surface area contributed by atoms with Crippen LogP contribution in [-0.4, -0.2) is 25.7 Å². The zero-order chi connectivity index (χ0) is 24.0. The first-order chi connectivity index (χ1) is 17.0. The Morgan fingerprint density at radius 1 is 1.06 bits per heavy atom. The summed E-state index contributed by atoms with van der Waals surface area (Å²) in [6, 6.07) is 22.1. The number of aryl methyl sites for hydroxylation is 2. The molecule has 1 aliphatic rings. The number of nitrogens with zero attached hydrogens (tertiary/aromatic N) is 3. The summed E-state index contributed by atoms with van der Waals surface area (Å²) in [6.45, 7) is 2.10. The van der Waals surface area contributed by atoms with Crippen molar-refractivity contribution in [3.63, 3.8) is 0 Å². The Kier molecular flexibility index (Phi) is 5.19. The van der Waals surface area contributed by atoms with Gasteiger partial charge in [-0.2, -0.15) is 0 Å². The number of carbonyl (C=O) groups is 1. The van der Waals surface area contributed by atoms with Crippen molar-refractivity contribution in [2.24, 2.45) is 0 Å². The fraction of sp³-hybridized carbons (Fsp3) is 0.179. The number of aromatic amines is 1. The number of amides is 1. The van der Waals surface area contributed by atoms with Gasteiger partial charge in [0.25, 0.3) is 5.91 Å². The van der Waals surface area contributed by atoms with Crippen molar-refractivity contribution in [1.29, 1.82) is 0 Å². The topological polar surface area (TPSA) is 75.6 Å². The van der Waals surface area contributed by atoms with Crippen LogP contribution in [0.3, 0.4) is 0 Å². The van der Waals surface area contributed by atoms with Crippen LogP contribution in [0.4, 0.5) is 0 Å². The highest BCUT2D eigenvalue weighted by molar-refractivity contribution is 6.34. The van der Waals surface area contributed by atoms with E-state index in [1.54, 1.807) is 29.4 Å². The number of carbonyl (C=O) groups excluding carboxylic acids is 1. The summed E-state index contributed by atoms with van der Waals surface area (Å²) in [5, 5.41) is 12.7. The summed E-state index contributed by atoms with van der Waals surface area (Å²) in [5.41, 5.74) is 6.69. The molecule has 0 bridgehead atoms. The van der Waals surface area contributed by atoms with Gasteiger partial charge in [0.2, 0.25) is 0 Å². The Hall–Kier alpha value is -3.90.